The van der Waals surface area contributed by atoms with Crippen LogP contribution in [0.4, 0.5) is 5.69 Å². The average Bonchev–Trinajstić information content (AvgIpc) is 3.23. The number of aliphatic imine (C=N–C) groups is 1. The van der Waals surface area contributed by atoms with E-state index in [0.29, 0.717) is 0 Å². The highest BCUT2D eigenvalue weighted by Gasteiger charge is 2.26. The van der Waals surface area contributed by atoms with Crippen LogP contribution in [-0.4, -0.2) is 57.2 Å². The predicted molar refractivity (Wildman–Crippen MR) is 120 cm³/mol. The van der Waals surface area contributed by atoms with Crippen LogP contribution in [0.2, 0.25) is 0 Å². The van der Waals surface area contributed by atoms with E-state index in [2.05, 4.69) is 56.5 Å². The van der Waals surface area contributed by atoms with Crippen molar-refractivity contribution < 1.29 is 9.53 Å². The van der Waals surface area contributed by atoms with Crippen LogP contribution in [0.3, 0.4) is 0 Å². The molecular formula is C20H29IN4O2. The maximum absolute atomic E-state index is 11.7. The van der Waals surface area contributed by atoms with Crippen LogP contribution in [0, 0.1) is 5.92 Å². The van der Waals surface area contributed by atoms with Gasteiger partial charge in [-0.2, -0.15) is 0 Å². The lowest BCUT2D eigenvalue weighted by atomic mass is 9.97. The van der Waals surface area contributed by atoms with Gasteiger partial charge in [0.25, 0.3) is 0 Å². The molecule has 0 bridgehead atoms. The van der Waals surface area contributed by atoms with Gasteiger partial charge in [-0.05, 0) is 30.5 Å². The van der Waals surface area contributed by atoms with E-state index in [1.807, 2.05) is 0 Å². The summed E-state index contributed by atoms with van der Waals surface area (Å²) < 4.78 is 4.85. The standard InChI is InChI=1S/C20H28N4O2.HI/c1-21-20(24-13-9-17(10-14-24)19(25)26-2)22-15-16-5-7-18(8-6-16)23-11-3-4-12-23;/h3-8,17H,9-15H2,1-2H3,(H,21,22);1H. The number of hydrogen-bond donors (Lipinski definition) is 1. The molecule has 0 amide bonds. The van der Waals surface area contributed by atoms with Crippen molar-refractivity contribution in [2.45, 2.75) is 19.4 Å². The minimum absolute atomic E-state index is 0. The lowest BCUT2D eigenvalue weighted by molar-refractivity contribution is -0.146. The summed E-state index contributed by atoms with van der Waals surface area (Å²) in [5.41, 5.74) is 2.49. The second kappa shape index (κ2) is 10.5. The first kappa shape index (κ1) is 21.5. The highest BCUT2D eigenvalue weighted by molar-refractivity contribution is 14.0. The van der Waals surface area contributed by atoms with Crippen molar-refractivity contribution in [1.29, 1.82) is 0 Å². The molecule has 0 spiro atoms. The molecule has 0 unspecified atom stereocenters. The van der Waals surface area contributed by atoms with Crippen LogP contribution >= 0.6 is 24.0 Å². The number of esters is 1. The Hall–Kier alpha value is -1.77. The monoisotopic (exact) mass is 484 g/mol. The zero-order valence-corrected chi connectivity index (χ0v) is 18.4. The number of likely N-dealkylation sites (tertiary alicyclic amines) is 1. The SMILES string of the molecule is CN=C(NCc1ccc(N2CC=CC2)cc1)N1CCC(C(=O)OC)CC1.I. The Bertz CT molecular complexity index is 659. The lowest BCUT2D eigenvalue weighted by Gasteiger charge is -2.33. The molecule has 1 fully saturated rings. The quantitative estimate of drug-likeness (QED) is 0.234. The average molecular weight is 484 g/mol. The van der Waals surface area contributed by atoms with Crippen molar-refractivity contribution in [2.75, 3.05) is 45.2 Å². The molecule has 27 heavy (non-hydrogen) atoms. The van der Waals surface area contributed by atoms with Crippen molar-refractivity contribution >= 4 is 41.6 Å². The van der Waals surface area contributed by atoms with Crippen LogP contribution in [0.15, 0.2) is 41.4 Å². The minimum atomic E-state index is -0.0964. The molecule has 2 heterocycles. The Morgan fingerprint density at radius 1 is 1.19 bits per heavy atom. The molecule has 2 aliphatic heterocycles. The molecule has 3 rings (SSSR count). The topological polar surface area (TPSA) is 57.2 Å². The third-order valence-corrected chi connectivity index (χ3v) is 5.11. The number of carbonyl (C=O) groups excluding carboxylic acids is 1. The van der Waals surface area contributed by atoms with E-state index in [0.717, 1.165) is 51.5 Å². The highest BCUT2D eigenvalue weighted by Crippen LogP contribution is 2.19. The molecule has 1 N–H and O–H groups in total. The second-order valence-corrected chi connectivity index (χ2v) is 6.73. The predicted octanol–water partition coefficient (Wildman–Crippen LogP) is 2.64. The largest absolute Gasteiger partial charge is 0.469 e. The number of halogens is 1. The fourth-order valence-electron chi connectivity index (χ4n) is 3.52. The van der Waals surface area contributed by atoms with Gasteiger partial charge in [-0.1, -0.05) is 24.3 Å². The number of rotatable bonds is 4. The van der Waals surface area contributed by atoms with E-state index in [9.17, 15) is 4.79 Å². The number of guanidine groups is 1. The third-order valence-electron chi connectivity index (χ3n) is 5.11. The number of methoxy groups -OCH3 is 1. The number of benzene rings is 1. The molecule has 7 heteroatoms. The van der Waals surface area contributed by atoms with Crippen LogP contribution in [0.25, 0.3) is 0 Å². The van der Waals surface area contributed by atoms with Gasteiger partial charge < -0.3 is 19.9 Å². The Morgan fingerprint density at radius 2 is 1.81 bits per heavy atom. The Morgan fingerprint density at radius 3 is 2.37 bits per heavy atom. The second-order valence-electron chi connectivity index (χ2n) is 6.73. The van der Waals surface area contributed by atoms with E-state index in [1.54, 1.807) is 7.05 Å². The molecule has 0 atom stereocenters. The van der Waals surface area contributed by atoms with Gasteiger partial charge in [0.1, 0.15) is 0 Å². The Balaban J connectivity index is 0.00000261. The van der Waals surface area contributed by atoms with Gasteiger partial charge in [0.05, 0.1) is 13.0 Å². The zero-order chi connectivity index (χ0) is 18.4. The molecule has 1 aromatic carbocycles. The van der Waals surface area contributed by atoms with Crippen molar-refractivity contribution in [3.8, 4) is 0 Å². The molecule has 0 aliphatic carbocycles. The molecule has 0 aromatic heterocycles. The first-order chi connectivity index (χ1) is 12.7. The van der Waals surface area contributed by atoms with Crippen LogP contribution in [0.1, 0.15) is 18.4 Å². The molecular weight excluding hydrogens is 455 g/mol. The van der Waals surface area contributed by atoms with E-state index in [1.165, 1.54) is 18.4 Å². The Kier molecular flexibility index (Phi) is 8.40. The number of ether oxygens (including phenoxy) is 1. The fraction of sp³-hybridized carbons (Fsp3) is 0.500. The zero-order valence-electron chi connectivity index (χ0n) is 16.1. The van der Waals surface area contributed by atoms with Gasteiger partial charge in [0, 0.05) is 45.5 Å². The third kappa shape index (κ3) is 5.60. The number of carbonyl (C=O) groups is 1. The minimum Gasteiger partial charge on any atom is -0.469 e. The maximum Gasteiger partial charge on any atom is 0.308 e. The number of nitrogens with one attached hydrogen (secondary N) is 1. The van der Waals surface area contributed by atoms with Crippen LogP contribution in [-0.2, 0) is 16.1 Å². The summed E-state index contributed by atoms with van der Waals surface area (Å²) in [5.74, 6) is 0.809. The van der Waals surface area contributed by atoms with Crippen molar-refractivity contribution in [3.63, 3.8) is 0 Å². The molecule has 1 saturated heterocycles. The van der Waals surface area contributed by atoms with Gasteiger partial charge in [-0.25, -0.2) is 0 Å². The van der Waals surface area contributed by atoms with Crippen molar-refractivity contribution in [2.24, 2.45) is 10.9 Å². The van der Waals surface area contributed by atoms with Gasteiger partial charge in [-0.3, -0.25) is 9.79 Å². The Labute approximate surface area is 178 Å². The van der Waals surface area contributed by atoms with Gasteiger partial charge >= 0.3 is 5.97 Å². The summed E-state index contributed by atoms with van der Waals surface area (Å²) >= 11 is 0. The number of piperidine rings is 1. The summed E-state index contributed by atoms with van der Waals surface area (Å²) in [4.78, 5) is 20.6. The van der Waals surface area contributed by atoms with E-state index < -0.39 is 0 Å². The normalized spacial score (nSPS) is 17.6. The summed E-state index contributed by atoms with van der Waals surface area (Å²) in [6.07, 6.45) is 6.02. The summed E-state index contributed by atoms with van der Waals surface area (Å²) in [6, 6.07) is 8.68. The molecule has 6 nitrogen and oxygen atoms in total. The lowest BCUT2D eigenvalue weighted by Crippen LogP contribution is -2.46. The van der Waals surface area contributed by atoms with Crippen LogP contribution in [0.5, 0.6) is 0 Å². The van der Waals surface area contributed by atoms with Crippen LogP contribution < -0.4 is 10.2 Å². The molecule has 0 saturated carbocycles. The van der Waals surface area contributed by atoms with Crippen molar-refractivity contribution in [3.05, 3.63) is 42.0 Å². The maximum atomic E-state index is 11.7. The fourth-order valence-corrected chi connectivity index (χ4v) is 3.52. The van der Waals surface area contributed by atoms with Gasteiger partial charge in [0.15, 0.2) is 5.96 Å². The number of nitrogens with zero attached hydrogens (tertiary/aromatic N) is 3. The first-order valence-corrected chi connectivity index (χ1v) is 9.23. The summed E-state index contributed by atoms with van der Waals surface area (Å²) in [7, 11) is 3.26. The smallest absolute Gasteiger partial charge is 0.308 e. The molecule has 148 valence electrons. The summed E-state index contributed by atoms with van der Waals surface area (Å²) in [6.45, 7) is 4.36. The van der Waals surface area contributed by atoms with E-state index in [-0.39, 0.29) is 35.9 Å². The van der Waals surface area contributed by atoms with Gasteiger partial charge in [-0.15, -0.1) is 24.0 Å². The summed E-state index contributed by atoms with van der Waals surface area (Å²) in [5, 5.41) is 3.44. The first-order valence-electron chi connectivity index (χ1n) is 9.23. The molecule has 2 aliphatic rings. The van der Waals surface area contributed by atoms with Crippen molar-refractivity contribution in [1.82, 2.24) is 10.2 Å². The van der Waals surface area contributed by atoms with E-state index >= 15 is 0 Å². The molecule has 1 aromatic rings. The van der Waals surface area contributed by atoms with E-state index in [4.69, 9.17) is 4.74 Å². The highest BCUT2D eigenvalue weighted by atomic mass is 127. The molecule has 0 radical (unpaired) electrons. The van der Waals surface area contributed by atoms with Gasteiger partial charge in [0.2, 0.25) is 0 Å². The number of hydrogen-bond acceptors (Lipinski definition) is 4. The number of anilines is 1.